The van der Waals surface area contributed by atoms with E-state index in [0.717, 1.165) is 11.6 Å². The van der Waals surface area contributed by atoms with Crippen LogP contribution >= 0.6 is 0 Å². The van der Waals surface area contributed by atoms with Gasteiger partial charge in [0.15, 0.2) is 0 Å². The summed E-state index contributed by atoms with van der Waals surface area (Å²) in [5, 5.41) is 9.19. The highest BCUT2D eigenvalue weighted by Gasteiger charge is 1.99. The molecule has 0 fully saturated rings. The second kappa shape index (κ2) is 5.81. The summed E-state index contributed by atoms with van der Waals surface area (Å²) < 4.78 is 5.31. The Hall–Kier alpha value is -2.37. The zero-order valence-electron chi connectivity index (χ0n) is 10.0. The summed E-state index contributed by atoms with van der Waals surface area (Å²) in [5.74, 6) is 2.07. The Morgan fingerprint density at radius 3 is 3.11 bits per heavy atom. The fourth-order valence-electron chi connectivity index (χ4n) is 1.42. The SMILES string of the molecule is Cc1ccc(C=CC(=O)NCCc2ncn[nH]2)o1. The van der Waals surface area contributed by atoms with Gasteiger partial charge < -0.3 is 9.73 Å². The number of amides is 1. The number of rotatable bonds is 5. The summed E-state index contributed by atoms with van der Waals surface area (Å²) in [6.45, 7) is 2.37. The molecule has 0 aromatic carbocycles. The van der Waals surface area contributed by atoms with Gasteiger partial charge in [-0.2, -0.15) is 5.10 Å². The van der Waals surface area contributed by atoms with Crippen LogP contribution in [-0.4, -0.2) is 27.6 Å². The molecule has 2 N–H and O–H groups in total. The number of nitrogens with one attached hydrogen (secondary N) is 2. The Bertz CT molecular complexity index is 528. The Morgan fingerprint density at radius 2 is 2.44 bits per heavy atom. The minimum Gasteiger partial charge on any atom is -0.462 e. The Morgan fingerprint density at radius 1 is 1.56 bits per heavy atom. The first-order chi connectivity index (χ1) is 8.74. The number of carbonyl (C=O) groups excluding carboxylic acids is 1. The first kappa shape index (κ1) is 12.1. The highest BCUT2D eigenvalue weighted by atomic mass is 16.3. The molecule has 0 aliphatic rings. The van der Waals surface area contributed by atoms with Gasteiger partial charge in [0, 0.05) is 19.0 Å². The van der Waals surface area contributed by atoms with Gasteiger partial charge in [-0.3, -0.25) is 9.89 Å². The fourth-order valence-corrected chi connectivity index (χ4v) is 1.42. The number of nitrogens with zero attached hydrogens (tertiary/aromatic N) is 2. The number of aromatic amines is 1. The predicted octanol–water partition coefficient (Wildman–Crippen LogP) is 1.08. The monoisotopic (exact) mass is 246 g/mol. The maximum Gasteiger partial charge on any atom is 0.244 e. The van der Waals surface area contributed by atoms with Crippen LogP contribution < -0.4 is 5.32 Å². The molecule has 0 saturated carbocycles. The molecule has 0 spiro atoms. The largest absolute Gasteiger partial charge is 0.462 e. The van der Waals surface area contributed by atoms with Crippen LogP contribution in [0.4, 0.5) is 0 Å². The van der Waals surface area contributed by atoms with Crippen molar-refractivity contribution in [1.82, 2.24) is 20.5 Å². The molecule has 6 nitrogen and oxygen atoms in total. The lowest BCUT2D eigenvalue weighted by Gasteiger charge is -1.98. The molecule has 1 amide bonds. The highest BCUT2D eigenvalue weighted by molar-refractivity contribution is 5.91. The molecule has 0 saturated heterocycles. The number of carbonyl (C=O) groups is 1. The summed E-state index contributed by atoms with van der Waals surface area (Å²) in [4.78, 5) is 15.4. The first-order valence-corrected chi connectivity index (χ1v) is 5.60. The van der Waals surface area contributed by atoms with Gasteiger partial charge in [0.2, 0.25) is 5.91 Å². The molecule has 0 unspecified atom stereocenters. The van der Waals surface area contributed by atoms with Gasteiger partial charge in [0.05, 0.1) is 0 Å². The summed E-state index contributed by atoms with van der Waals surface area (Å²) in [6, 6.07) is 3.66. The van der Waals surface area contributed by atoms with Crippen molar-refractivity contribution in [1.29, 1.82) is 0 Å². The lowest BCUT2D eigenvalue weighted by molar-refractivity contribution is -0.116. The van der Waals surface area contributed by atoms with Crippen molar-refractivity contribution in [3.8, 4) is 0 Å². The predicted molar refractivity (Wildman–Crippen MR) is 65.6 cm³/mol. The molecule has 2 aromatic heterocycles. The van der Waals surface area contributed by atoms with Crippen LogP contribution in [0.1, 0.15) is 17.3 Å². The third-order valence-electron chi connectivity index (χ3n) is 2.29. The van der Waals surface area contributed by atoms with E-state index in [1.165, 1.54) is 12.4 Å². The Kier molecular flexibility index (Phi) is 3.90. The van der Waals surface area contributed by atoms with E-state index in [2.05, 4.69) is 20.5 Å². The van der Waals surface area contributed by atoms with Crippen molar-refractivity contribution >= 4 is 12.0 Å². The maximum absolute atomic E-state index is 11.5. The Balaban J connectivity index is 1.73. The standard InChI is InChI=1S/C12H14N4O2/c1-9-2-3-10(18-9)4-5-12(17)13-7-6-11-14-8-15-16-11/h2-5,8H,6-7H2,1H3,(H,13,17)(H,14,15,16). The molecule has 18 heavy (non-hydrogen) atoms. The molecule has 0 atom stereocenters. The molecule has 0 aliphatic carbocycles. The summed E-state index contributed by atoms with van der Waals surface area (Å²) in [6.07, 6.45) is 5.14. The second-order valence-electron chi connectivity index (χ2n) is 3.75. The van der Waals surface area contributed by atoms with Crippen LogP contribution in [-0.2, 0) is 11.2 Å². The average Bonchev–Trinajstić information content (AvgIpc) is 2.98. The number of furan rings is 1. The Labute approximate surface area is 104 Å². The van der Waals surface area contributed by atoms with Crippen LogP contribution in [0.2, 0.25) is 0 Å². The van der Waals surface area contributed by atoms with E-state index in [4.69, 9.17) is 4.42 Å². The highest BCUT2D eigenvalue weighted by Crippen LogP contribution is 2.07. The minimum atomic E-state index is -0.163. The smallest absolute Gasteiger partial charge is 0.244 e. The van der Waals surface area contributed by atoms with Gasteiger partial charge in [0.1, 0.15) is 23.7 Å². The molecule has 94 valence electrons. The summed E-state index contributed by atoms with van der Waals surface area (Å²) in [5.41, 5.74) is 0. The van der Waals surface area contributed by atoms with E-state index in [9.17, 15) is 4.79 Å². The van der Waals surface area contributed by atoms with E-state index in [1.54, 1.807) is 6.08 Å². The molecular formula is C12H14N4O2. The van der Waals surface area contributed by atoms with Gasteiger partial charge in [0.25, 0.3) is 0 Å². The zero-order valence-corrected chi connectivity index (χ0v) is 10.0. The number of aryl methyl sites for hydroxylation is 1. The van der Waals surface area contributed by atoms with Crippen molar-refractivity contribution in [3.63, 3.8) is 0 Å². The maximum atomic E-state index is 11.5. The van der Waals surface area contributed by atoms with Crippen molar-refractivity contribution in [2.24, 2.45) is 0 Å². The topological polar surface area (TPSA) is 83.8 Å². The van der Waals surface area contributed by atoms with Crippen molar-refractivity contribution in [2.45, 2.75) is 13.3 Å². The second-order valence-corrected chi connectivity index (χ2v) is 3.75. The normalized spacial score (nSPS) is 10.9. The molecule has 0 bridgehead atoms. The van der Waals surface area contributed by atoms with E-state index in [-0.39, 0.29) is 5.91 Å². The van der Waals surface area contributed by atoms with Crippen LogP contribution in [0, 0.1) is 6.92 Å². The molecular weight excluding hydrogens is 232 g/mol. The number of H-pyrrole nitrogens is 1. The number of hydrogen-bond donors (Lipinski definition) is 2. The third kappa shape index (κ3) is 3.58. The van der Waals surface area contributed by atoms with Crippen molar-refractivity contribution < 1.29 is 9.21 Å². The van der Waals surface area contributed by atoms with E-state index >= 15 is 0 Å². The van der Waals surface area contributed by atoms with Crippen molar-refractivity contribution in [3.05, 3.63) is 41.9 Å². The lowest BCUT2D eigenvalue weighted by atomic mass is 10.3. The summed E-state index contributed by atoms with van der Waals surface area (Å²) >= 11 is 0. The number of aromatic nitrogens is 3. The molecule has 2 heterocycles. The minimum absolute atomic E-state index is 0.163. The fraction of sp³-hybridized carbons (Fsp3) is 0.250. The van der Waals surface area contributed by atoms with Crippen LogP contribution in [0.5, 0.6) is 0 Å². The van der Waals surface area contributed by atoms with E-state index < -0.39 is 0 Å². The quantitative estimate of drug-likeness (QED) is 0.773. The summed E-state index contributed by atoms with van der Waals surface area (Å²) in [7, 11) is 0. The first-order valence-electron chi connectivity index (χ1n) is 5.60. The van der Waals surface area contributed by atoms with Gasteiger partial charge in [-0.1, -0.05) is 0 Å². The lowest BCUT2D eigenvalue weighted by Crippen LogP contribution is -2.23. The molecule has 2 rings (SSSR count). The van der Waals surface area contributed by atoms with Gasteiger partial charge in [-0.05, 0) is 25.1 Å². The molecule has 0 aliphatic heterocycles. The van der Waals surface area contributed by atoms with Crippen LogP contribution in [0.25, 0.3) is 6.08 Å². The van der Waals surface area contributed by atoms with Crippen LogP contribution in [0.3, 0.4) is 0 Å². The average molecular weight is 246 g/mol. The molecule has 2 aromatic rings. The van der Waals surface area contributed by atoms with Gasteiger partial charge in [-0.25, -0.2) is 4.98 Å². The third-order valence-corrected chi connectivity index (χ3v) is 2.29. The van der Waals surface area contributed by atoms with Gasteiger partial charge >= 0.3 is 0 Å². The molecule has 0 radical (unpaired) electrons. The van der Waals surface area contributed by atoms with E-state index in [1.807, 2.05) is 19.1 Å². The number of hydrogen-bond acceptors (Lipinski definition) is 4. The zero-order chi connectivity index (χ0) is 12.8. The van der Waals surface area contributed by atoms with Crippen LogP contribution in [0.15, 0.2) is 29.0 Å². The van der Waals surface area contributed by atoms with Crippen molar-refractivity contribution in [2.75, 3.05) is 6.54 Å². The van der Waals surface area contributed by atoms with E-state index in [0.29, 0.717) is 18.7 Å². The van der Waals surface area contributed by atoms with Gasteiger partial charge in [-0.15, -0.1) is 0 Å². The molecule has 6 heteroatoms.